The number of H-pyrrole nitrogens is 1. The van der Waals surface area contributed by atoms with Crippen LogP contribution in [0.1, 0.15) is 0 Å². The molecule has 1 heterocycles. The van der Waals surface area contributed by atoms with Gasteiger partial charge in [0.1, 0.15) is 11.4 Å². The van der Waals surface area contributed by atoms with Gasteiger partial charge in [-0.05, 0) is 12.1 Å². The van der Waals surface area contributed by atoms with Crippen molar-refractivity contribution in [3.8, 4) is 22.8 Å². The molecule has 0 aliphatic carbocycles. The Morgan fingerprint density at radius 3 is 2.60 bits per heavy atom. The molecule has 0 unspecified atom stereocenters. The van der Waals surface area contributed by atoms with Crippen molar-refractivity contribution >= 4 is 0 Å². The van der Waals surface area contributed by atoms with Crippen LogP contribution in [0.4, 0.5) is 13.2 Å². The largest absolute Gasteiger partial charge is 0.573 e. The Kier molecular flexibility index (Phi) is 3.64. The second kappa shape index (κ2) is 5.24. The molecule has 0 saturated heterocycles. The Hall–Kier alpha value is -2.51. The van der Waals surface area contributed by atoms with Crippen LogP contribution in [-0.2, 0) is 0 Å². The summed E-state index contributed by atoms with van der Waals surface area (Å²) in [6.07, 6.45) is -3.77. The van der Waals surface area contributed by atoms with E-state index in [-0.39, 0.29) is 17.0 Å². The minimum atomic E-state index is -4.84. The Bertz CT molecular complexity index is 667. The van der Waals surface area contributed by atoms with Gasteiger partial charge in [0.15, 0.2) is 0 Å². The van der Waals surface area contributed by atoms with Crippen LogP contribution in [0.5, 0.6) is 11.5 Å². The highest BCUT2D eigenvalue weighted by Crippen LogP contribution is 2.35. The Balaban J connectivity index is 2.59. The van der Waals surface area contributed by atoms with Crippen molar-refractivity contribution in [2.75, 3.05) is 7.11 Å². The molecule has 5 nitrogen and oxygen atoms in total. The summed E-state index contributed by atoms with van der Waals surface area (Å²) in [5.74, 6) is -0.651. The molecule has 0 aliphatic rings. The van der Waals surface area contributed by atoms with Crippen molar-refractivity contribution in [3.05, 3.63) is 40.9 Å². The molecule has 0 atom stereocenters. The van der Waals surface area contributed by atoms with E-state index in [1.54, 1.807) is 0 Å². The topological polar surface area (TPSA) is 64.2 Å². The Morgan fingerprint density at radius 1 is 1.25 bits per heavy atom. The predicted octanol–water partition coefficient (Wildman–Crippen LogP) is 2.34. The van der Waals surface area contributed by atoms with Crippen LogP contribution in [0, 0.1) is 0 Å². The van der Waals surface area contributed by atoms with Gasteiger partial charge >= 0.3 is 6.36 Å². The predicted molar refractivity (Wildman–Crippen MR) is 63.5 cm³/mol. The third-order valence-corrected chi connectivity index (χ3v) is 2.38. The van der Waals surface area contributed by atoms with Crippen LogP contribution in [0.3, 0.4) is 0 Å². The van der Waals surface area contributed by atoms with Crippen molar-refractivity contribution in [1.82, 2.24) is 9.97 Å². The number of alkyl halides is 3. The third-order valence-electron chi connectivity index (χ3n) is 2.38. The molecule has 1 N–H and O–H groups in total. The number of nitrogens with zero attached hydrogens (tertiary/aromatic N) is 1. The van der Waals surface area contributed by atoms with Gasteiger partial charge in [0.25, 0.3) is 5.56 Å². The number of aromatic nitrogens is 2. The fourth-order valence-corrected chi connectivity index (χ4v) is 1.64. The van der Waals surface area contributed by atoms with Crippen LogP contribution < -0.4 is 15.0 Å². The number of hydrogen-bond acceptors (Lipinski definition) is 4. The van der Waals surface area contributed by atoms with E-state index in [2.05, 4.69) is 14.7 Å². The van der Waals surface area contributed by atoms with Gasteiger partial charge in [0.2, 0.25) is 5.75 Å². The summed E-state index contributed by atoms with van der Waals surface area (Å²) in [4.78, 5) is 17.7. The lowest BCUT2D eigenvalue weighted by Gasteiger charge is -2.13. The molecule has 1 aromatic carbocycles. The fraction of sp³-hybridized carbons (Fsp3) is 0.167. The van der Waals surface area contributed by atoms with Crippen molar-refractivity contribution in [3.63, 3.8) is 0 Å². The van der Waals surface area contributed by atoms with Gasteiger partial charge in [-0.25, -0.2) is 4.98 Å². The summed E-state index contributed by atoms with van der Waals surface area (Å²) in [5.41, 5.74) is -0.622. The SMILES string of the molecule is COc1c(-c2ccccc2OC(F)(F)F)nc[nH]c1=O. The highest BCUT2D eigenvalue weighted by molar-refractivity contribution is 5.71. The zero-order valence-electron chi connectivity index (χ0n) is 10.2. The summed E-state index contributed by atoms with van der Waals surface area (Å²) in [6, 6.07) is 5.36. The average Bonchev–Trinajstić information content (AvgIpc) is 2.37. The normalized spacial score (nSPS) is 11.2. The number of hydrogen-bond donors (Lipinski definition) is 1. The van der Waals surface area contributed by atoms with E-state index in [0.717, 1.165) is 12.4 Å². The first kappa shape index (κ1) is 13.9. The highest BCUT2D eigenvalue weighted by Gasteiger charge is 2.32. The molecule has 0 fully saturated rings. The minimum absolute atomic E-state index is 0.00720. The number of para-hydroxylation sites is 1. The maximum atomic E-state index is 12.4. The Morgan fingerprint density at radius 2 is 1.95 bits per heavy atom. The summed E-state index contributed by atoms with van der Waals surface area (Å²) in [7, 11) is 1.23. The molecule has 0 saturated carbocycles. The van der Waals surface area contributed by atoms with Crippen molar-refractivity contribution < 1.29 is 22.6 Å². The molecule has 1 aromatic heterocycles. The van der Waals surface area contributed by atoms with Gasteiger partial charge < -0.3 is 14.5 Å². The molecule has 0 aliphatic heterocycles. The number of aromatic amines is 1. The first-order valence-electron chi connectivity index (χ1n) is 5.39. The Labute approximate surface area is 111 Å². The highest BCUT2D eigenvalue weighted by atomic mass is 19.4. The summed E-state index contributed by atoms with van der Waals surface area (Å²) in [6.45, 7) is 0. The van der Waals surface area contributed by atoms with Gasteiger partial charge in [0, 0.05) is 5.56 Å². The maximum Gasteiger partial charge on any atom is 0.573 e. The number of rotatable bonds is 3. The molecule has 0 bridgehead atoms. The standard InChI is InChI=1S/C12H9F3N2O3/c1-19-10-9(16-6-17-11(10)18)7-4-2-3-5-8(7)20-12(13,14)15/h2-6H,1H3,(H,16,17,18). The summed E-state index contributed by atoms with van der Waals surface area (Å²) >= 11 is 0. The third kappa shape index (κ3) is 2.90. The van der Waals surface area contributed by atoms with E-state index in [1.807, 2.05) is 0 Å². The molecule has 0 spiro atoms. The smallest absolute Gasteiger partial charge is 0.490 e. The maximum absolute atomic E-state index is 12.4. The van der Waals surface area contributed by atoms with E-state index >= 15 is 0 Å². The van der Waals surface area contributed by atoms with Crippen LogP contribution in [0.25, 0.3) is 11.3 Å². The monoisotopic (exact) mass is 286 g/mol. The molecule has 0 radical (unpaired) electrons. The lowest BCUT2D eigenvalue weighted by atomic mass is 10.1. The molecule has 2 rings (SSSR count). The minimum Gasteiger partial charge on any atom is -0.490 e. The van der Waals surface area contributed by atoms with E-state index in [9.17, 15) is 18.0 Å². The van der Waals surface area contributed by atoms with E-state index in [1.165, 1.54) is 25.3 Å². The van der Waals surface area contributed by atoms with Crippen LogP contribution in [0.2, 0.25) is 0 Å². The number of methoxy groups -OCH3 is 1. The summed E-state index contributed by atoms with van der Waals surface area (Å²) in [5, 5.41) is 0. The molecule has 2 aromatic rings. The number of benzene rings is 1. The van der Waals surface area contributed by atoms with E-state index < -0.39 is 17.7 Å². The van der Waals surface area contributed by atoms with Gasteiger partial charge in [-0.1, -0.05) is 12.1 Å². The van der Waals surface area contributed by atoms with Gasteiger partial charge in [-0.15, -0.1) is 13.2 Å². The molecule has 8 heteroatoms. The summed E-state index contributed by atoms with van der Waals surface area (Å²) < 4.78 is 45.9. The average molecular weight is 286 g/mol. The van der Waals surface area contributed by atoms with Crippen molar-refractivity contribution in [2.24, 2.45) is 0 Å². The van der Waals surface area contributed by atoms with Crippen LogP contribution in [0.15, 0.2) is 35.4 Å². The van der Waals surface area contributed by atoms with Gasteiger partial charge in [-0.3, -0.25) is 4.79 Å². The van der Waals surface area contributed by atoms with Gasteiger partial charge in [-0.2, -0.15) is 0 Å². The molecule has 0 amide bonds. The first-order chi connectivity index (χ1) is 9.42. The van der Waals surface area contributed by atoms with Crippen molar-refractivity contribution in [1.29, 1.82) is 0 Å². The quantitative estimate of drug-likeness (QED) is 0.940. The molecular formula is C12H9F3N2O3. The van der Waals surface area contributed by atoms with Gasteiger partial charge in [0.05, 0.1) is 13.4 Å². The molecule has 106 valence electrons. The fourth-order valence-electron chi connectivity index (χ4n) is 1.64. The lowest BCUT2D eigenvalue weighted by molar-refractivity contribution is -0.274. The number of ether oxygens (including phenoxy) is 2. The molecule has 20 heavy (non-hydrogen) atoms. The van der Waals surface area contributed by atoms with Crippen molar-refractivity contribution in [2.45, 2.75) is 6.36 Å². The zero-order valence-corrected chi connectivity index (χ0v) is 10.2. The first-order valence-corrected chi connectivity index (χ1v) is 5.39. The van der Waals surface area contributed by atoms with Crippen LogP contribution >= 0.6 is 0 Å². The second-order valence-electron chi connectivity index (χ2n) is 3.66. The number of halogens is 3. The van der Waals surface area contributed by atoms with E-state index in [0.29, 0.717) is 0 Å². The zero-order chi connectivity index (χ0) is 14.8. The van der Waals surface area contributed by atoms with E-state index in [4.69, 9.17) is 4.74 Å². The van der Waals surface area contributed by atoms with Crippen LogP contribution in [-0.4, -0.2) is 23.4 Å². The lowest BCUT2D eigenvalue weighted by Crippen LogP contribution is -2.18. The number of nitrogens with one attached hydrogen (secondary N) is 1. The molecular weight excluding hydrogens is 277 g/mol. The second-order valence-corrected chi connectivity index (χ2v) is 3.66.